The zero-order valence-corrected chi connectivity index (χ0v) is 17.3. The first-order valence-electron chi connectivity index (χ1n) is 9.61. The zero-order chi connectivity index (χ0) is 18.8. The van der Waals surface area contributed by atoms with E-state index in [0.29, 0.717) is 6.04 Å². The van der Waals surface area contributed by atoms with Gasteiger partial charge in [-0.15, -0.1) is 0 Å². The Morgan fingerprint density at radius 2 is 2.00 bits per heavy atom. The Balaban J connectivity index is 2.56. The van der Waals surface area contributed by atoms with E-state index in [1.165, 1.54) is 24.1 Å². The summed E-state index contributed by atoms with van der Waals surface area (Å²) in [5, 5.41) is 11.4. The minimum atomic E-state index is 0.303. The molecule has 0 aliphatic rings. The molecule has 0 bridgehead atoms. The molecule has 144 valence electrons. The molecule has 2 N–H and O–H groups in total. The molecule has 0 radical (unpaired) electrons. The minimum Gasteiger partial charge on any atom is -0.357 e. The molecule has 1 heterocycles. The highest BCUT2D eigenvalue weighted by Crippen LogP contribution is 2.14. The average Bonchev–Trinajstić information content (AvgIpc) is 2.79. The number of likely N-dealkylation sites (N-methyl/N-ethyl adjacent to an activating group) is 1. The van der Waals surface area contributed by atoms with E-state index in [4.69, 9.17) is 4.99 Å². The maximum absolute atomic E-state index is 4.73. The van der Waals surface area contributed by atoms with Crippen LogP contribution in [0.1, 0.15) is 50.6 Å². The number of rotatable bonds is 10. The number of unbranched alkanes of at least 4 members (excludes halogenated alkanes) is 1. The summed E-state index contributed by atoms with van der Waals surface area (Å²) in [6, 6.07) is 0.303. The van der Waals surface area contributed by atoms with Crippen LogP contribution in [0.25, 0.3) is 0 Å². The SMILES string of the molecule is CCCCN(C)CCN=C(NCC)NC(C)Cc1c(C)nn(C)c1C. The highest BCUT2D eigenvalue weighted by Gasteiger charge is 2.14. The quantitative estimate of drug-likeness (QED) is 0.502. The van der Waals surface area contributed by atoms with Gasteiger partial charge in [0.2, 0.25) is 0 Å². The number of hydrogen-bond acceptors (Lipinski definition) is 3. The molecule has 0 fully saturated rings. The molecule has 0 saturated carbocycles. The number of aromatic nitrogens is 2. The monoisotopic (exact) mass is 350 g/mol. The van der Waals surface area contributed by atoms with Crippen LogP contribution in [0.15, 0.2) is 4.99 Å². The molecule has 0 saturated heterocycles. The Morgan fingerprint density at radius 3 is 2.56 bits per heavy atom. The molecule has 0 amide bonds. The van der Waals surface area contributed by atoms with Gasteiger partial charge in [-0.2, -0.15) is 5.10 Å². The Kier molecular flexibility index (Phi) is 9.57. The van der Waals surface area contributed by atoms with E-state index in [0.717, 1.165) is 44.3 Å². The van der Waals surface area contributed by atoms with E-state index < -0.39 is 0 Å². The van der Waals surface area contributed by atoms with Gasteiger partial charge in [0.05, 0.1) is 12.2 Å². The van der Waals surface area contributed by atoms with Crippen LogP contribution in [0.5, 0.6) is 0 Å². The van der Waals surface area contributed by atoms with Crippen molar-refractivity contribution < 1.29 is 0 Å². The predicted octanol–water partition coefficient (Wildman–Crippen LogP) is 2.25. The fourth-order valence-electron chi connectivity index (χ4n) is 2.90. The molecule has 0 aliphatic carbocycles. The van der Waals surface area contributed by atoms with Gasteiger partial charge < -0.3 is 15.5 Å². The number of aliphatic imine (C=N–C) groups is 1. The summed E-state index contributed by atoms with van der Waals surface area (Å²) in [4.78, 5) is 7.07. The number of guanidine groups is 1. The average molecular weight is 351 g/mol. The molecule has 25 heavy (non-hydrogen) atoms. The van der Waals surface area contributed by atoms with E-state index in [-0.39, 0.29) is 0 Å². The van der Waals surface area contributed by atoms with Crippen LogP contribution < -0.4 is 10.6 Å². The maximum Gasteiger partial charge on any atom is 0.191 e. The molecule has 1 aromatic rings. The molecule has 1 rings (SSSR count). The van der Waals surface area contributed by atoms with Gasteiger partial charge in [0, 0.05) is 31.9 Å². The third-order valence-electron chi connectivity index (χ3n) is 4.54. The molecule has 6 heteroatoms. The summed E-state index contributed by atoms with van der Waals surface area (Å²) in [7, 11) is 4.17. The molecular weight excluding hydrogens is 312 g/mol. The first-order valence-corrected chi connectivity index (χ1v) is 9.61. The van der Waals surface area contributed by atoms with Crippen LogP contribution in [0.2, 0.25) is 0 Å². The molecule has 0 aliphatic heterocycles. The summed E-state index contributed by atoms with van der Waals surface area (Å²) in [6.07, 6.45) is 3.44. The lowest BCUT2D eigenvalue weighted by Crippen LogP contribution is -2.43. The van der Waals surface area contributed by atoms with Gasteiger partial charge in [-0.3, -0.25) is 9.67 Å². The highest BCUT2D eigenvalue weighted by molar-refractivity contribution is 5.80. The summed E-state index contributed by atoms with van der Waals surface area (Å²) >= 11 is 0. The first kappa shape index (κ1) is 21.5. The van der Waals surface area contributed by atoms with Gasteiger partial charge in [0.15, 0.2) is 5.96 Å². The summed E-state index contributed by atoms with van der Waals surface area (Å²) in [5.41, 5.74) is 3.69. The molecule has 1 atom stereocenters. The van der Waals surface area contributed by atoms with Gasteiger partial charge in [0.1, 0.15) is 0 Å². The fourth-order valence-corrected chi connectivity index (χ4v) is 2.90. The second-order valence-corrected chi connectivity index (χ2v) is 6.94. The van der Waals surface area contributed by atoms with Crippen molar-refractivity contribution in [2.45, 2.75) is 59.9 Å². The van der Waals surface area contributed by atoms with Crippen molar-refractivity contribution in [2.75, 3.05) is 33.2 Å². The van der Waals surface area contributed by atoms with Crippen molar-refractivity contribution >= 4 is 5.96 Å². The number of aryl methyl sites for hydroxylation is 2. The topological polar surface area (TPSA) is 57.5 Å². The Bertz CT molecular complexity index is 534. The van der Waals surface area contributed by atoms with E-state index >= 15 is 0 Å². The van der Waals surface area contributed by atoms with Crippen molar-refractivity contribution in [3.05, 3.63) is 17.0 Å². The normalized spacial score (nSPS) is 13.4. The van der Waals surface area contributed by atoms with E-state index in [1.54, 1.807) is 0 Å². The summed E-state index contributed by atoms with van der Waals surface area (Å²) in [6.45, 7) is 14.6. The van der Waals surface area contributed by atoms with E-state index in [1.807, 2.05) is 11.7 Å². The number of nitrogens with one attached hydrogen (secondary N) is 2. The Morgan fingerprint density at radius 1 is 1.28 bits per heavy atom. The largest absolute Gasteiger partial charge is 0.357 e. The van der Waals surface area contributed by atoms with Crippen LogP contribution in [0.4, 0.5) is 0 Å². The van der Waals surface area contributed by atoms with Crippen LogP contribution in [0, 0.1) is 13.8 Å². The molecule has 1 aromatic heterocycles. The Hall–Kier alpha value is -1.56. The lowest BCUT2D eigenvalue weighted by Gasteiger charge is -2.19. The van der Waals surface area contributed by atoms with Crippen LogP contribution in [-0.2, 0) is 13.5 Å². The van der Waals surface area contributed by atoms with Gasteiger partial charge >= 0.3 is 0 Å². The molecule has 0 spiro atoms. The third-order valence-corrected chi connectivity index (χ3v) is 4.54. The van der Waals surface area contributed by atoms with E-state index in [2.05, 4.69) is 62.3 Å². The van der Waals surface area contributed by atoms with Crippen molar-refractivity contribution in [1.82, 2.24) is 25.3 Å². The second-order valence-electron chi connectivity index (χ2n) is 6.94. The van der Waals surface area contributed by atoms with Crippen molar-refractivity contribution in [1.29, 1.82) is 0 Å². The lowest BCUT2D eigenvalue weighted by atomic mass is 10.1. The van der Waals surface area contributed by atoms with Crippen molar-refractivity contribution in [3.8, 4) is 0 Å². The van der Waals surface area contributed by atoms with Crippen LogP contribution in [0.3, 0.4) is 0 Å². The van der Waals surface area contributed by atoms with Crippen LogP contribution in [-0.4, -0.2) is 59.9 Å². The standard InChI is InChI=1S/C19H38N6/c1-8-10-12-24(6)13-11-21-19(20-9-2)22-15(3)14-18-16(4)23-25(7)17(18)5/h15H,8-14H2,1-7H3,(H2,20,21,22). The molecular formula is C19H38N6. The fraction of sp³-hybridized carbons (Fsp3) is 0.789. The van der Waals surface area contributed by atoms with Gasteiger partial charge in [-0.05, 0) is 59.7 Å². The number of nitrogens with zero attached hydrogens (tertiary/aromatic N) is 4. The third kappa shape index (κ3) is 7.46. The Labute approximate surface area is 154 Å². The lowest BCUT2D eigenvalue weighted by molar-refractivity contribution is 0.337. The first-order chi connectivity index (χ1) is 11.9. The van der Waals surface area contributed by atoms with Gasteiger partial charge in [0.25, 0.3) is 0 Å². The zero-order valence-electron chi connectivity index (χ0n) is 17.3. The van der Waals surface area contributed by atoms with Crippen molar-refractivity contribution in [2.24, 2.45) is 12.0 Å². The summed E-state index contributed by atoms with van der Waals surface area (Å²) < 4.78 is 1.96. The second kappa shape index (κ2) is 11.1. The molecule has 1 unspecified atom stereocenters. The highest BCUT2D eigenvalue weighted by atomic mass is 15.3. The van der Waals surface area contributed by atoms with Crippen molar-refractivity contribution in [3.63, 3.8) is 0 Å². The minimum absolute atomic E-state index is 0.303. The maximum atomic E-state index is 4.73. The smallest absolute Gasteiger partial charge is 0.191 e. The van der Waals surface area contributed by atoms with E-state index in [9.17, 15) is 0 Å². The van der Waals surface area contributed by atoms with Gasteiger partial charge in [-0.1, -0.05) is 13.3 Å². The molecule has 6 nitrogen and oxygen atoms in total. The van der Waals surface area contributed by atoms with Gasteiger partial charge in [-0.25, -0.2) is 0 Å². The predicted molar refractivity (Wildman–Crippen MR) is 107 cm³/mol. The molecule has 0 aromatic carbocycles. The van der Waals surface area contributed by atoms with Crippen LogP contribution >= 0.6 is 0 Å². The summed E-state index contributed by atoms with van der Waals surface area (Å²) in [5.74, 6) is 0.901. The number of hydrogen-bond donors (Lipinski definition) is 2.